The Bertz CT molecular complexity index is 491. The minimum absolute atomic E-state index is 0.122. The lowest BCUT2D eigenvalue weighted by atomic mass is 10.1. The van der Waals surface area contributed by atoms with Gasteiger partial charge in [-0.25, -0.2) is 4.79 Å². The second kappa shape index (κ2) is 7.67. The second-order valence-corrected chi connectivity index (χ2v) is 5.83. The number of amides is 1. The van der Waals surface area contributed by atoms with Crippen molar-refractivity contribution < 1.29 is 19.1 Å². The van der Waals surface area contributed by atoms with Gasteiger partial charge in [0.15, 0.2) is 0 Å². The van der Waals surface area contributed by atoms with Gasteiger partial charge in [-0.15, -0.1) is 0 Å². The van der Waals surface area contributed by atoms with E-state index in [0.717, 1.165) is 11.1 Å². The molecule has 1 N–H and O–H groups in total. The third-order valence-electron chi connectivity index (χ3n) is 2.47. The smallest absolute Gasteiger partial charge is 0.407 e. The predicted molar refractivity (Wildman–Crippen MR) is 79.8 cm³/mol. The lowest BCUT2D eigenvalue weighted by molar-refractivity contribution is -0.154. The molecule has 0 aliphatic rings. The van der Waals surface area contributed by atoms with E-state index < -0.39 is 11.7 Å². The standard InChI is InChI=1S/C16H23NO4/c1-12-6-5-7-13(10-12)11-20-15(19)17-9-8-14(18)21-16(2,3)4/h5-7,10H,8-9,11H2,1-4H3,(H,17,19). The van der Waals surface area contributed by atoms with Gasteiger partial charge >= 0.3 is 12.1 Å². The van der Waals surface area contributed by atoms with Gasteiger partial charge < -0.3 is 14.8 Å². The molecule has 0 heterocycles. The number of benzene rings is 1. The third kappa shape index (κ3) is 7.97. The summed E-state index contributed by atoms with van der Waals surface area (Å²) in [6.07, 6.45) is -0.420. The van der Waals surface area contributed by atoms with Crippen LogP contribution >= 0.6 is 0 Å². The molecule has 0 saturated heterocycles. The van der Waals surface area contributed by atoms with Crippen molar-refractivity contribution in [3.8, 4) is 0 Å². The average Bonchev–Trinajstić information content (AvgIpc) is 2.34. The highest BCUT2D eigenvalue weighted by Gasteiger charge is 2.16. The molecule has 0 aromatic heterocycles. The maximum atomic E-state index is 11.5. The van der Waals surface area contributed by atoms with Crippen LogP contribution in [0.25, 0.3) is 0 Å². The van der Waals surface area contributed by atoms with Gasteiger partial charge in [-0.05, 0) is 33.3 Å². The molecule has 0 spiro atoms. The van der Waals surface area contributed by atoms with Gasteiger partial charge in [0.1, 0.15) is 12.2 Å². The topological polar surface area (TPSA) is 64.6 Å². The van der Waals surface area contributed by atoms with E-state index in [-0.39, 0.29) is 25.5 Å². The molecule has 1 amide bonds. The van der Waals surface area contributed by atoms with Gasteiger partial charge in [-0.2, -0.15) is 0 Å². The van der Waals surface area contributed by atoms with Crippen molar-refractivity contribution in [1.29, 1.82) is 0 Å². The summed E-state index contributed by atoms with van der Waals surface area (Å²) in [6.45, 7) is 7.78. The molecule has 1 rings (SSSR count). The Kier molecular flexibility index (Phi) is 6.21. The third-order valence-corrected chi connectivity index (χ3v) is 2.47. The van der Waals surface area contributed by atoms with Gasteiger partial charge in [0.2, 0.25) is 0 Å². The summed E-state index contributed by atoms with van der Waals surface area (Å²) in [5.41, 5.74) is 1.53. The molecule has 0 bridgehead atoms. The summed E-state index contributed by atoms with van der Waals surface area (Å²) >= 11 is 0. The highest BCUT2D eigenvalue weighted by atomic mass is 16.6. The molecule has 5 nitrogen and oxygen atoms in total. The van der Waals surface area contributed by atoms with E-state index in [1.54, 1.807) is 20.8 Å². The summed E-state index contributed by atoms with van der Waals surface area (Å²) in [4.78, 5) is 22.9. The van der Waals surface area contributed by atoms with Crippen LogP contribution in [0.3, 0.4) is 0 Å². The monoisotopic (exact) mass is 293 g/mol. The molecule has 0 aliphatic carbocycles. The van der Waals surface area contributed by atoms with Crippen molar-refractivity contribution in [2.75, 3.05) is 6.54 Å². The van der Waals surface area contributed by atoms with Crippen LogP contribution in [-0.2, 0) is 20.9 Å². The molecule has 0 unspecified atom stereocenters. The maximum absolute atomic E-state index is 11.5. The Morgan fingerprint density at radius 1 is 1.24 bits per heavy atom. The van der Waals surface area contributed by atoms with E-state index in [4.69, 9.17) is 9.47 Å². The van der Waals surface area contributed by atoms with E-state index in [0.29, 0.717) is 0 Å². The summed E-state index contributed by atoms with van der Waals surface area (Å²) in [6, 6.07) is 7.73. The fourth-order valence-electron chi connectivity index (χ4n) is 1.66. The molecule has 0 fully saturated rings. The molecule has 116 valence electrons. The fraction of sp³-hybridized carbons (Fsp3) is 0.500. The highest BCUT2D eigenvalue weighted by Crippen LogP contribution is 2.08. The lowest BCUT2D eigenvalue weighted by Gasteiger charge is -2.19. The molecule has 5 heteroatoms. The van der Waals surface area contributed by atoms with Crippen LogP contribution < -0.4 is 5.32 Å². The molecule has 0 atom stereocenters. The number of hydrogen-bond donors (Lipinski definition) is 1. The zero-order chi connectivity index (χ0) is 15.9. The molecular weight excluding hydrogens is 270 g/mol. The minimum Gasteiger partial charge on any atom is -0.460 e. The van der Waals surface area contributed by atoms with Crippen molar-refractivity contribution in [2.45, 2.75) is 46.3 Å². The van der Waals surface area contributed by atoms with E-state index in [1.807, 2.05) is 31.2 Å². The quantitative estimate of drug-likeness (QED) is 0.848. The Labute approximate surface area is 125 Å². The van der Waals surface area contributed by atoms with Crippen LogP contribution in [0.1, 0.15) is 38.3 Å². The van der Waals surface area contributed by atoms with Crippen molar-refractivity contribution in [2.24, 2.45) is 0 Å². The number of ether oxygens (including phenoxy) is 2. The Balaban J connectivity index is 2.21. The van der Waals surface area contributed by atoms with E-state index in [9.17, 15) is 9.59 Å². The number of hydrogen-bond acceptors (Lipinski definition) is 4. The average molecular weight is 293 g/mol. The largest absolute Gasteiger partial charge is 0.460 e. The molecule has 21 heavy (non-hydrogen) atoms. The van der Waals surface area contributed by atoms with Gasteiger partial charge in [-0.3, -0.25) is 4.79 Å². The maximum Gasteiger partial charge on any atom is 0.407 e. The molecule has 1 aromatic carbocycles. The van der Waals surface area contributed by atoms with E-state index in [2.05, 4.69) is 5.32 Å². The fourth-order valence-corrected chi connectivity index (χ4v) is 1.66. The van der Waals surface area contributed by atoms with Crippen LogP contribution in [0, 0.1) is 6.92 Å². The molecular formula is C16H23NO4. The van der Waals surface area contributed by atoms with Crippen LogP contribution in [0.5, 0.6) is 0 Å². The molecule has 0 radical (unpaired) electrons. The normalized spacial score (nSPS) is 10.9. The Morgan fingerprint density at radius 3 is 2.57 bits per heavy atom. The van der Waals surface area contributed by atoms with Crippen LogP contribution in [0.4, 0.5) is 4.79 Å². The van der Waals surface area contributed by atoms with Crippen molar-refractivity contribution >= 4 is 12.1 Å². The number of nitrogens with one attached hydrogen (secondary N) is 1. The summed E-state index contributed by atoms with van der Waals surface area (Å²) in [7, 11) is 0. The first-order valence-electron chi connectivity index (χ1n) is 6.94. The number of carbonyl (C=O) groups excluding carboxylic acids is 2. The number of rotatable bonds is 5. The Morgan fingerprint density at radius 2 is 1.95 bits per heavy atom. The molecule has 0 aliphatic heterocycles. The van der Waals surface area contributed by atoms with Gasteiger partial charge in [-0.1, -0.05) is 29.8 Å². The highest BCUT2D eigenvalue weighted by molar-refractivity contribution is 5.72. The van der Waals surface area contributed by atoms with Crippen molar-refractivity contribution in [1.82, 2.24) is 5.32 Å². The predicted octanol–water partition coefficient (Wildman–Crippen LogP) is 2.95. The summed E-state index contributed by atoms with van der Waals surface area (Å²) in [5.74, 6) is -0.346. The first kappa shape index (κ1) is 17.0. The van der Waals surface area contributed by atoms with Crippen molar-refractivity contribution in [3.63, 3.8) is 0 Å². The SMILES string of the molecule is Cc1cccc(COC(=O)NCCC(=O)OC(C)(C)C)c1. The molecule has 0 saturated carbocycles. The number of carbonyl (C=O) groups is 2. The Hall–Kier alpha value is -2.04. The summed E-state index contributed by atoms with van der Waals surface area (Å²) < 4.78 is 10.2. The number of aryl methyl sites for hydroxylation is 1. The first-order chi connectivity index (χ1) is 9.76. The van der Waals surface area contributed by atoms with Gasteiger partial charge in [0.05, 0.1) is 6.42 Å². The minimum atomic E-state index is -0.542. The van der Waals surface area contributed by atoms with Crippen LogP contribution in [-0.4, -0.2) is 24.2 Å². The lowest BCUT2D eigenvalue weighted by Crippen LogP contribution is -2.29. The summed E-state index contributed by atoms with van der Waals surface area (Å²) in [5, 5.41) is 2.52. The number of alkyl carbamates (subject to hydrolysis) is 1. The zero-order valence-electron chi connectivity index (χ0n) is 13.1. The zero-order valence-corrected chi connectivity index (χ0v) is 13.1. The number of esters is 1. The van der Waals surface area contributed by atoms with Gasteiger partial charge in [0.25, 0.3) is 0 Å². The van der Waals surface area contributed by atoms with E-state index in [1.165, 1.54) is 0 Å². The van der Waals surface area contributed by atoms with E-state index >= 15 is 0 Å². The second-order valence-electron chi connectivity index (χ2n) is 5.83. The van der Waals surface area contributed by atoms with Crippen LogP contribution in [0.2, 0.25) is 0 Å². The first-order valence-corrected chi connectivity index (χ1v) is 6.94. The van der Waals surface area contributed by atoms with Crippen molar-refractivity contribution in [3.05, 3.63) is 35.4 Å². The molecule has 1 aromatic rings. The van der Waals surface area contributed by atoms with Crippen LogP contribution in [0.15, 0.2) is 24.3 Å². The van der Waals surface area contributed by atoms with Gasteiger partial charge in [0, 0.05) is 6.54 Å².